The van der Waals surface area contributed by atoms with E-state index in [0.29, 0.717) is 0 Å². The minimum atomic E-state index is -1.72. The molecular formula is C13H20OSi. The van der Waals surface area contributed by atoms with E-state index in [1.54, 1.807) is 0 Å². The first kappa shape index (κ1) is 12.2. The van der Waals surface area contributed by atoms with Crippen LogP contribution in [0, 0.1) is 0 Å². The van der Waals surface area contributed by atoms with Gasteiger partial charge in [0.25, 0.3) is 0 Å². The maximum absolute atomic E-state index is 5.75. The zero-order valence-electron chi connectivity index (χ0n) is 9.70. The Morgan fingerprint density at radius 3 is 2.47 bits per heavy atom. The van der Waals surface area contributed by atoms with Crippen molar-refractivity contribution in [2.45, 2.75) is 25.4 Å². The van der Waals surface area contributed by atoms with Crippen LogP contribution in [0.4, 0.5) is 0 Å². The summed E-state index contributed by atoms with van der Waals surface area (Å²) in [5.41, 5.74) is 3.43. The maximum Gasteiger partial charge on any atom is 0.220 e. The van der Waals surface area contributed by atoms with Crippen LogP contribution >= 0.6 is 0 Å². The Bertz CT molecular complexity index is 297. The minimum Gasteiger partial charge on any atom is -0.416 e. The Morgan fingerprint density at radius 2 is 2.00 bits per heavy atom. The molecule has 1 unspecified atom stereocenters. The van der Waals surface area contributed by atoms with E-state index in [1.807, 2.05) is 13.2 Å². The van der Waals surface area contributed by atoms with Crippen LogP contribution in [0.3, 0.4) is 0 Å². The summed E-state index contributed by atoms with van der Waals surface area (Å²) in [6.45, 7) is 6.16. The molecule has 1 atom stereocenters. The summed E-state index contributed by atoms with van der Waals surface area (Å²) in [6.07, 6.45) is 1.17. The fourth-order valence-electron chi connectivity index (χ4n) is 1.88. The van der Waals surface area contributed by atoms with Crippen molar-refractivity contribution >= 4 is 8.32 Å². The molecule has 0 aliphatic carbocycles. The SMILES string of the molecule is C=C[Si](CCC)(Cc1ccccc1)OC. The molecule has 1 aromatic rings. The summed E-state index contributed by atoms with van der Waals surface area (Å²) in [5.74, 6) is 0. The molecule has 0 aliphatic rings. The molecule has 0 bridgehead atoms. The molecule has 1 aromatic carbocycles. The molecule has 0 saturated carbocycles. The second-order valence-electron chi connectivity index (χ2n) is 3.89. The molecule has 82 valence electrons. The van der Waals surface area contributed by atoms with Gasteiger partial charge in [0, 0.05) is 7.11 Å². The van der Waals surface area contributed by atoms with Crippen molar-refractivity contribution in [3.63, 3.8) is 0 Å². The second-order valence-corrected chi connectivity index (χ2v) is 7.68. The van der Waals surface area contributed by atoms with Gasteiger partial charge in [-0.15, -0.1) is 6.58 Å². The van der Waals surface area contributed by atoms with Crippen LogP contribution in [0.25, 0.3) is 0 Å². The quantitative estimate of drug-likeness (QED) is 0.667. The van der Waals surface area contributed by atoms with Crippen LogP contribution in [0.5, 0.6) is 0 Å². The Kier molecular flexibility index (Phi) is 4.79. The number of hydrogen-bond acceptors (Lipinski definition) is 1. The predicted octanol–water partition coefficient (Wildman–Crippen LogP) is 3.50. The molecular weight excluding hydrogens is 200 g/mol. The zero-order valence-corrected chi connectivity index (χ0v) is 10.7. The molecule has 0 aromatic heterocycles. The van der Waals surface area contributed by atoms with Gasteiger partial charge < -0.3 is 4.43 Å². The molecule has 0 fully saturated rings. The van der Waals surface area contributed by atoms with Gasteiger partial charge in [0.15, 0.2) is 0 Å². The van der Waals surface area contributed by atoms with Gasteiger partial charge in [-0.3, -0.25) is 0 Å². The standard InChI is InChI=1S/C13H20OSi/c1-4-11-15(5-2,14-3)12-13-9-7-6-8-10-13/h5-10H,2,4,11-12H2,1,3H3. The molecule has 0 saturated heterocycles. The maximum atomic E-state index is 5.75. The highest BCUT2D eigenvalue weighted by Gasteiger charge is 2.29. The molecule has 0 radical (unpaired) electrons. The third-order valence-electron chi connectivity index (χ3n) is 2.80. The Labute approximate surface area is 93.9 Å². The van der Waals surface area contributed by atoms with Crippen LogP contribution in [0.2, 0.25) is 6.04 Å². The van der Waals surface area contributed by atoms with Crippen LogP contribution in [0.1, 0.15) is 18.9 Å². The molecule has 0 spiro atoms. The summed E-state index contributed by atoms with van der Waals surface area (Å²) in [4.78, 5) is 0. The second kappa shape index (κ2) is 5.88. The molecule has 0 amide bonds. The van der Waals surface area contributed by atoms with E-state index in [2.05, 4.69) is 43.5 Å². The lowest BCUT2D eigenvalue weighted by atomic mass is 10.2. The molecule has 0 heterocycles. The fourth-order valence-corrected chi connectivity index (χ4v) is 4.70. The normalized spacial score (nSPS) is 14.5. The van der Waals surface area contributed by atoms with Gasteiger partial charge >= 0.3 is 0 Å². The average molecular weight is 220 g/mol. The highest BCUT2D eigenvalue weighted by atomic mass is 28.4. The zero-order chi connectivity index (χ0) is 11.1. The van der Waals surface area contributed by atoms with Crippen molar-refractivity contribution in [2.24, 2.45) is 0 Å². The third kappa shape index (κ3) is 3.32. The Hall–Kier alpha value is -0.863. The van der Waals surface area contributed by atoms with Crippen LogP contribution in [0.15, 0.2) is 42.6 Å². The highest BCUT2D eigenvalue weighted by Crippen LogP contribution is 2.20. The monoisotopic (exact) mass is 220 g/mol. The molecule has 2 heteroatoms. The van der Waals surface area contributed by atoms with E-state index in [9.17, 15) is 0 Å². The van der Waals surface area contributed by atoms with Crippen molar-refractivity contribution in [3.05, 3.63) is 48.2 Å². The van der Waals surface area contributed by atoms with E-state index in [1.165, 1.54) is 12.0 Å². The van der Waals surface area contributed by atoms with Crippen LogP contribution in [-0.2, 0) is 10.5 Å². The van der Waals surface area contributed by atoms with Gasteiger partial charge in [-0.1, -0.05) is 49.4 Å². The third-order valence-corrected chi connectivity index (χ3v) is 6.71. The number of rotatable bonds is 6. The molecule has 0 N–H and O–H groups in total. The van der Waals surface area contributed by atoms with Crippen molar-refractivity contribution in [3.8, 4) is 0 Å². The number of benzene rings is 1. The van der Waals surface area contributed by atoms with Crippen LogP contribution in [-0.4, -0.2) is 15.4 Å². The van der Waals surface area contributed by atoms with Gasteiger partial charge in [-0.25, -0.2) is 0 Å². The van der Waals surface area contributed by atoms with Gasteiger partial charge in [0.2, 0.25) is 8.32 Å². The van der Waals surface area contributed by atoms with Crippen LogP contribution < -0.4 is 0 Å². The summed E-state index contributed by atoms with van der Waals surface area (Å²) in [7, 11) is 0.106. The van der Waals surface area contributed by atoms with E-state index < -0.39 is 8.32 Å². The fraction of sp³-hybridized carbons (Fsp3) is 0.385. The first-order chi connectivity index (χ1) is 7.26. The Balaban J connectivity index is 2.78. The van der Waals surface area contributed by atoms with E-state index in [4.69, 9.17) is 4.43 Å². The topological polar surface area (TPSA) is 9.23 Å². The lowest BCUT2D eigenvalue weighted by molar-refractivity contribution is 0.400. The van der Waals surface area contributed by atoms with Gasteiger partial charge in [0.1, 0.15) is 0 Å². The lowest BCUT2D eigenvalue weighted by Crippen LogP contribution is -2.38. The van der Waals surface area contributed by atoms with Gasteiger partial charge in [-0.2, -0.15) is 0 Å². The molecule has 0 aliphatic heterocycles. The Morgan fingerprint density at radius 1 is 1.33 bits per heavy atom. The van der Waals surface area contributed by atoms with E-state index in [0.717, 1.165) is 12.1 Å². The van der Waals surface area contributed by atoms with Crippen molar-refractivity contribution in [1.82, 2.24) is 0 Å². The van der Waals surface area contributed by atoms with Crippen molar-refractivity contribution in [1.29, 1.82) is 0 Å². The summed E-state index contributed by atoms with van der Waals surface area (Å²) < 4.78 is 5.75. The first-order valence-electron chi connectivity index (χ1n) is 5.49. The summed E-state index contributed by atoms with van der Waals surface area (Å²) in [5, 5.41) is 0. The van der Waals surface area contributed by atoms with Crippen molar-refractivity contribution in [2.75, 3.05) is 7.11 Å². The average Bonchev–Trinajstić information content (AvgIpc) is 2.30. The largest absolute Gasteiger partial charge is 0.416 e. The van der Waals surface area contributed by atoms with E-state index in [-0.39, 0.29) is 0 Å². The summed E-state index contributed by atoms with van der Waals surface area (Å²) in [6, 6.07) is 12.7. The number of hydrogen-bond donors (Lipinski definition) is 0. The smallest absolute Gasteiger partial charge is 0.220 e. The first-order valence-corrected chi connectivity index (χ1v) is 7.89. The highest BCUT2D eigenvalue weighted by molar-refractivity contribution is 6.78. The predicted molar refractivity (Wildman–Crippen MR) is 68.2 cm³/mol. The lowest BCUT2D eigenvalue weighted by Gasteiger charge is -2.25. The van der Waals surface area contributed by atoms with E-state index >= 15 is 0 Å². The molecule has 15 heavy (non-hydrogen) atoms. The van der Waals surface area contributed by atoms with Crippen molar-refractivity contribution < 1.29 is 4.43 Å². The van der Waals surface area contributed by atoms with Gasteiger partial charge in [0.05, 0.1) is 0 Å². The summed E-state index contributed by atoms with van der Waals surface area (Å²) >= 11 is 0. The van der Waals surface area contributed by atoms with Gasteiger partial charge in [-0.05, 0) is 17.7 Å². The molecule has 1 rings (SSSR count). The minimum absolute atomic E-state index is 1.04. The molecule has 1 nitrogen and oxygen atoms in total.